The molecular weight excluding hydrogens is 263 g/mol. The number of imidazole rings is 1. The zero-order valence-electron chi connectivity index (χ0n) is 9.06. The van der Waals surface area contributed by atoms with Gasteiger partial charge in [-0.15, -0.1) is 0 Å². The highest BCUT2D eigenvalue weighted by Crippen LogP contribution is 2.15. The second kappa shape index (κ2) is 4.98. The fraction of sp³-hybridized carbons (Fsp3) is 0.182. The molecule has 0 radical (unpaired) electrons. The molecule has 0 saturated heterocycles. The lowest BCUT2D eigenvalue weighted by Gasteiger charge is -2.03. The van der Waals surface area contributed by atoms with E-state index in [1.165, 1.54) is 24.4 Å². The SMILES string of the molecule is Cn1c(Cl)cnc1CS(=O)c1cccc(F)c1. The van der Waals surface area contributed by atoms with E-state index in [0.29, 0.717) is 15.9 Å². The first kappa shape index (κ1) is 12.3. The molecule has 2 aromatic rings. The van der Waals surface area contributed by atoms with E-state index in [0.717, 1.165) is 0 Å². The first-order chi connectivity index (χ1) is 8.08. The van der Waals surface area contributed by atoms with Crippen LogP contribution in [0.4, 0.5) is 4.39 Å². The van der Waals surface area contributed by atoms with E-state index in [2.05, 4.69) is 4.98 Å². The highest BCUT2D eigenvalue weighted by atomic mass is 35.5. The Balaban J connectivity index is 2.20. The maximum atomic E-state index is 13.0. The van der Waals surface area contributed by atoms with E-state index in [4.69, 9.17) is 11.6 Å². The summed E-state index contributed by atoms with van der Waals surface area (Å²) < 4.78 is 26.6. The van der Waals surface area contributed by atoms with Gasteiger partial charge in [-0.3, -0.25) is 4.21 Å². The van der Waals surface area contributed by atoms with Crippen molar-refractivity contribution in [1.82, 2.24) is 9.55 Å². The van der Waals surface area contributed by atoms with Crippen molar-refractivity contribution < 1.29 is 8.60 Å². The van der Waals surface area contributed by atoms with E-state index in [1.807, 2.05) is 0 Å². The van der Waals surface area contributed by atoms with Gasteiger partial charge in [-0.2, -0.15) is 0 Å². The average molecular weight is 273 g/mol. The van der Waals surface area contributed by atoms with Crippen LogP contribution in [0.25, 0.3) is 0 Å². The fourth-order valence-electron chi connectivity index (χ4n) is 1.37. The second-order valence-corrected chi connectivity index (χ2v) is 5.34. The minimum atomic E-state index is -1.32. The van der Waals surface area contributed by atoms with Crippen molar-refractivity contribution in [3.63, 3.8) is 0 Å². The maximum absolute atomic E-state index is 13.0. The van der Waals surface area contributed by atoms with Gasteiger partial charge in [-0.1, -0.05) is 17.7 Å². The Bertz CT molecular complexity index is 570. The first-order valence-electron chi connectivity index (χ1n) is 4.88. The van der Waals surface area contributed by atoms with Crippen molar-refractivity contribution in [3.8, 4) is 0 Å². The molecule has 2 rings (SSSR count). The Hall–Kier alpha value is -1.20. The molecule has 0 N–H and O–H groups in total. The summed E-state index contributed by atoms with van der Waals surface area (Å²) in [4.78, 5) is 4.50. The van der Waals surface area contributed by atoms with Gasteiger partial charge in [0.15, 0.2) is 0 Å². The van der Waals surface area contributed by atoms with Gasteiger partial charge in [0.2, 0.25) is 0 Å². The molecule has 90 valence electrons. The molecule has 6 heteroatoms. The van der Waals surface area contributed by atoms with Crippen molar-refractivity contribution >= 4 is 22.4 Å². The van der Waals surface area contributed by atoms with Gasteiger partial charge in [0.1, 0.15) is 16.8 Å². The predicted molar refractivity (Wildman–Crippen MR) is 64.7 cm³/mol. The number of halogens is 2. The number of rotatable bonds is 3. The summed E-state index contributed by atoms with van der Waals surface area (Å²) in [6.45, 7) is 0. The van der Waals surface area contributed by atoms with E-state index in [9.17, 15) is 8.60 Å². The summed E-state index contributed by atoms with van der Waals surface area (Å²) in [5.74, 6) is 0.429. The van der Waals surface area contributed by atoms with Crippen LogP contribution in [0.3, 0.4) is 0 Å². The van der Waals surface area contributed by atoms with Crippen molar-refractivity contribution in [2.24, 2.45) is 7.05 Å². The summed E-state index contributed by atoms with van der Waals surface area (Å²) in [6, 6.07) is 5.75. The zero-order chi connectivity index (χ0) is 12.4. The second-order valence-electron chi connectivity index (χ2n) is 3.50. The standard InChI is InChI=1S/C11H10ClFN2OS/c1-15-10(12)6-14-11(15)7-17(16)9-4-2-3-8(13)5-9/h2-6H,7H2,1H3. The monoisotopic (exact) mass is 272 g/mol. The molecule has 0 bridgehead atoms. The van der Waals surface area contributed by atoms with Gasteiger partial charge in [0.25, 0.3) is 0 Å². The number of benzene rings is 1. The molecule has 0 fully saturated rings. The average Bonchev–Trinajstić information content (AvgIpc) is 2.61. The van der Waals surface area contributed by atoms with Gasteiger partial charge < -0.3 is 4.57 Å². The molecule has 1 aromatic carbocycles. The van der Waals surface area contributed by atoms with Crippen molar-refractivity contribution in [2.45, 2.75) is 10.6 Å². The molecule has 1 atom stereocenters. The Kier molecular flexibility index (Phi) is 3.59. The third-order valence-corrected chi connectivity index (χ3v) is 4.00. The highest BCUT2D eigenvalue weighted by Gasteiger charge is 2.11. The first-order valence-corrected chi connectivity index (χ1v) is 6.57. The lowest BCUT2D eigenvalue weighted by molar-refractivity contribution is 0.622. The van der Waals surface area contributed by atoms with E-state index in [1.54, 1.807) is 17.7 Å². The molecule has 0 aliphatic rings. The molecule has 0 aliphatic heterocycles. The highest BCUT2D eigenvalue weighted by molar-refractivity contribution is 7.84. The Morgan fingerprint density at radius 2 is 2.29 bits per heavy atom. The molecule has 3 nitrogen and oxygen atoms in total. The molecular formula is C11H10ClFN2OS. The smallest absolute Gasteiger partial charge is 0.128 e. The fourth-order valence-corrected chi connectivity index (χ4v) is 2.66. The predicted octanol–water partition coefficient (Wildman–Crippen LogP) is 2.52. The van der Waals surface area contributed by atoms with E-state index in [-0.39, 0.29) is 5.75 Å². The summed E-state index contributed by atoms with van der Waals surface area (Å²) in [6.07, 6.45) is 1.50. The van der Waals surface area contributed by atoms with Crippen molar-refractivity contribution in [3.05, 3.63) is 47.3 Å². The zero-order valence-corrected chi connectivity index (χ0v) is 10.6. The van der Waals surface area contributed by atoms with Gasteiger partial charge in [-0.05, 0) is 18.2 Å². The number of aromatic nitrogens is 2. The van der Waals surface area contributed by atoms with Crippen LogP contribution in [0, 0.1) is 5.82 Å². The summed E-state index contributed by atoms with van der Waals surface area (Å²) >= 11 is 5.83. The summed E-state index contributed by atoms with van der Waals surface area (Å²) in [5, 5.41) is 0.483. The molecule has 1 heterocycles. The maximum Gasteiger partial charge on any atom is 0.128 e. The number of hydrogen-bond acceptors (Lipinski definition) is 2. The molecule has 1 aromatic heterocycles. The minimum absolute atomic E-state index is 0.215. The van der Waals surface area contributed by atoms with Crippen LogP contribution in [0.15, 0.2) is 35.4 Å². The van der Waals surface area contributed by atoms with Crippen LogP contribution < -0.4 is 0 Å². The Labute approximate surface area is 106 Å². The normalized spacial score (nSPS) is 12.6. The number of hydrogen-bond donors (Lipinski definition) is 0. The van der Waals surface area contributed by atoms with E-state index < -0.39 is 16.6 Å². The molecule has 0 saturated carbocycles. The largest absolute Gasteiger partial charge is 0.321 e. The van der Waals surface area contributed by atoms with Crippen LogP contribution in [-0.2, 0) is 23.6 Å². The minimum Gasteiger partial charge on any atom is -0.321 e. The summed E-state index contributed by atoms with van der Waals surface area (Å²) in [7, 11) is 0.420. The quantitative estimate of drug-likeness (QED) is 0.861. The van der Waals surface area contributed by atoms with Gasteiger partial charge in [0.05, 0.1) is 22.7 Å². The van der Waals surface area contributed by atoms with Crippen LogP contribution in [0.2, 0.25) is 5.15 Å². The van der Waals surface area contributed by atoms with Gasteiger partial charge >= 0.3 is 0 Å². The Morgan fingerprint density at radius 1 is 1.53 bits per heavy atom. The van der Waals surface area contributed by atoms with Gasteiger partial charge in [-0.25, -0.2) is 9.37 Å². The van der Waals surface area contributed by atoms with Crippen LogP contribution >= 0.6 is 11.6 Å². The summed E-state index contributed by atoms with van der Waals surface area (Å²) in [5.41, 5.74) is 0. The van der Waals surface area contributed by atoms with Crippen molar-refractivity contribution in [2.75, 3.05) is 0 Å². The Morgan fingerprint density at radius 3 is 2.88 bits per heavy atom. The van der Waals surface area contributed by atoms with E-state index >= 15 is 0 Å². The molecule has 0 spiro atoms. The third kappa shape index (κ3) is 2.73. The molecule has 0 amide bonds. The molecule has 17 heavy (non-hydrogen) atoms. The van der Waals surface area contributed by atoms with Gasteiger partial charge in [0, 0.05) is 11.9 Å². The van der Waals surface area contributed by atoms with Crippen molar-refractivity contribution in [1.29, 1.82) is 0 Å². The third-order valence-electron chi connectivity index (χ3n) is 2.35. The van der Waals surface area contributed by atoms with Crippen LogP contribution in [0.1, 0.15) is 5.82 Å². The molecule has 1 unspecified atom stereocenters. The topological polar surface area (TPSA) is 34.9 Å². The molecule has 0 aliphatic carbocycles. The van der Waals surface area contributed by atoms with Crippen LogP contribution in [-0.4, -0.2) is 13.8 Å². The number of nitrogens with zero attached hydrogens (tertiary/aromatic N) is 2. The lowest BCUT2D eigenvalue weighted by Crippen LogP contribution is -2.03. The lowest BCUT2D eigenvalue weighted by atomic mass is 10.4. The van der Waals surface area contributed by atoms with Crippen LogP contribution in [0.5, 0.6) is 0 Å².